The number of hydrogen-bond acceptors (Lipinski definition) is 4. The predicted octanol–water partition coefficient (Wildman–Crippen LogP) is 1.63. The minimum absolute atomic E-state index is 0.296. The maximum absolute atomic E-state index is 11.7. The second-order valence-electron chi connectivity index (χ2n) is 3.98. The van der Waals surface area contributed by atoms with E-state index in [2.05, 4.69) is 5.10 Å². The number of carbonyl (C=O) groups excluding carboxylic acids is 1. The zero-order chi connectivity index (χ0) is 13.0. The van der Waals surface area contributed by atoms with E-state index in [1.807, 2.05) is 19.2 Å². The lowest BCUT2D eigenvalue weighted by Crippen LogP contribution is -2.12. The Hall–Kier alpha value is -2.30. The minimum atomic E-state index is -0.342. The van der Waals surface area contributed by atoms with Crippen LogP contribution in [0.1, 0.15) is 15.9 Å². The SMILES string of the molecule is Cc1cc(C(=O)OCCn2cccn2)ccc1N. The van der Waals surface area contributed by atoms with E-state index in [1.165, 1.54) is 0 Å². The van der Waals surface area contributed by atoms with Crippen LogP contribution in [-0.4, -0.2) is 22.4 Å². The number of nitrogens with two attached hydrogens (primary N) is 1. The Morgan fingerprint density at radius 2 is 2.33 bits per heavy atom. The maximum atomic E-state index is 11.7. The van der Waals surface area contributed by atoms with Crippen molar-refractivity contribution in [3.63, 3.8) is 0 Å². The number of esters is 1. The van der Waals surface area contributed by atoms with E-state index < -0.39 is 0 Å². The van der Waals surface area contributed by atoms with Gasteiger partial charge in [0, 0.05) is 18.1 Å². The van der Waals surface area contributed by atoms with E-state index >= 15 is 0 Å². The summed E-state index contributed by atoms with van der Waals surface area (Å²) in [5.74, 6) is -0.342. The standard InChI is InChI=1S/C13H15N3O2/c1-10-9-11(3-4-12(10)14)13(17)18-8-7-16-6-2-5-15-16/h2-6,9H,7-8,14H2,1H3. The van der Waals surface area contributed by atoms with Crippen LogP contribution in [0.4, 0.5) is 5.69 Å². The summed E-state index contributed by atoms with van der Waals surface area (Å²) >= 11 is 0. The average molecular weight is 245 g/mol. The first-order valence-corrected chi connectivity index (χ1v) is 5.67. The molecule has 2 N–H and O–H groups in total. The molecule has 0 aliphatic heterocycles. The summed E-state index contributed by atoms with van der Waals surface area (Å²) in [4.78, 5) is 11.7. The summed E-state index contributed by atoms with van der Waals surface area (Å²) in [5.41, 5.74) is 7.75. The summed E-state index contributed by atoms with van der Waals surface area (Å²) in [7, 11) is 0. The Bertz CT molecular complexity index is 535. The van der Waals surface area contributed by atoms with Gasteiger partial charge in [-0.15, -0.1) is 0 Å². The molecule has 2 rings (SSSR count). The van der Waals surface area contributed by atoms with Gasteiger partial charge in [-0.05, 0) is 36.8 Å². The fourth-order valence-electron chi connectivity index (χ4n) is 1.55. The fraction of sp³-hybridized carbons (Fsp3) is 0.231. The van der Waals surface area contributed by atoms with Crippen molar-refractivity contribution in [1.29, 1.82) is 0 Å². The van der Waals surface area contributed by atoms with Crippen LogP contribution in [0.5, 0.6) is 0 Å². The molecule has 1 heterocycles. The van der Waals surface area contributed by atoms with Crippen molar-refractivity contribution in [2.45, 2.75) is 13.5 Å². The van der Waals surface area contributed by atoms with Gasteiger partial charge in [0.2, 0.25) is 0 Å². The van der Waals surface area contributed by atoms with Crippen molar-refractivity contribution in [3.05, 3.63) is 47.8 Å². The van der Waals surface area contributed by atoms with E-state index in [0.29, 0.717) is 24.4 Å². The number of aryl methyl sites for hydroxylation is 1. The topological polar surface area (TPSA) is 70.1 Å². The number of benzene rings is 1. The Balaban J connectivity index is 1.89. The fourth-order valence-corrected chi connectivity index (χ4v) is 1.55. The molecule has 94 valence electrons. The number of carbonyl (C=O) groups is 1. The highest BCUT2D eigenvalue weighted by Gasteiger charge is 2.08. The Morgan fingerprint density at radius 3 is 3.00 bits per heavy atom. The molecule has 0 amide bonds. The third kappa shape index (κ3) is 2.88. The van der Waals surface area contributed by atoms with Crippen LogP contribution < -0.4 is 5.73 Å². The molecule has 5 heteroatoms. The number of anilines is 1. The molecule has 0 aliphatic carbocycles. The third-order valence-electron chi connectivity index (χ3n) is 2.62. The summed E-state index contributed by atoms with van der Waals surface area (Å²) in [6.45, 7) is 2.70. The van der Waals surface area contributed by atoms with Gasteiger partial charge in [0.05, 0.1) is 12.1 Å². The molecule has 0 bridgehead atoms. The normalized spacial score (nSPS) is 10.3. The molecule has 0 saturated heterocycles. The van der Waals surface area contributed by atoms with Gasteiger partial charge in [-0.25, -0.2) is 4.79 Å². The molecule has 0 radical (unpaired) electrons. The molecule has 0 spiro atoms. The first-order chi connectivity index (χ1) is 8.66. The molecule has 18 heavy (non-hydrogen) atoms. The van der Waals surface area contributed by atoms with Gasteiger partial charge in [-0.1, -0.05) is 0 Å². The molecule has 0 atom stereocenters. The van der Waals surface area contributed by atoms with E-state index in [0.717, 1.165) is 5.56 Å². The van der Waals surface area contributed by atoms with Crippen LogP contribution in [0.2, 0.25) is 0 Å². The van der Waals surface area contributed by atoms with Gasteiger partial charge in [0.15, 0.2) is 0 Å². The highest BCUT2D eigenvalue weighted by Crippen LogP contribution is 2.13. The number of nitrogens with zero attached hydrogens (tertiary/aromatic N) is 2. The maximum Gasteiger partial charge on any atom is 0.338 e. The smallest absolute Gasteiger partial charge is 0.338 e. The monoisotopic (exact) mass is 245 g/mol. The van der Waals surface area contributed by atoms with Gasteiger partial charge in [-0.2, -0.15) is 5.10 Å². The van der Waals surface area contributed by atoms with Crippen LogP contribution in [0.3, 0.4) is 0 Å². The summed E-state index contributed by atoms with van der Waals surface area (Å²) in [6.07, 6.45) is 3.51. The average Bonchev–Trinajstić information content (AvgIpc) is 2.85. The predicted molar refractivity (Wildman–Crippen MR) is 68.1 cm³/mol. The van der Waals surface area contributed by atoms with Crippen molar-refractivity contribution in [2.75, 3.05) is 12.3 Å². The number of aromatic nitrogens is 2. The Labute approximate surface area is 105 Å². The molecular formula is C13H15N3O2. The number of rotatable bonds is 4. The van der Waals surface area contributed by atoms with Crippen molar-refractivity contribution < 1.29 is 9.53 Å². The molecule has 2 aromatic rings. The lowest BCUT2D eigenvalue weighted by Gasteiger charge is -2.06. The molecular weight excluding hydrogens is 230 g/mol. The second-order valence-corrected chi connectivity index (χ2v) is 3.98. The van der Waals surface area contributed by atoms with Crippen LogP contribution in [-0.2, 0) is 11.3 Å². The van der Waals surface area contributed by atoms with Gasteiger partial charge in [0.25, 0.3) is 0 Å². The largest absolute Gasteiger partial charge is 0.460 e. The van der Waals surface area contributed by atoms with Crippen LogP contribution in [0.25, 0.3) is 0 Å². The van der Waals surface area contributed by atoms with Crippen molar-refractivity contribution >= 4 is 11.7 Å². The number of hydrogen-bond donors (Lipinski definition) is 1. The molecule has 1 aromatic heterocycles. The third-order valence-corrected chi connectivity index (χ3v) is 2.62. The number of nitrogen functional groups attached to an aromatic ring is 1. The van der Waals surface area contributed by atoms with Crippen molar-refractivity contribution in [1.82, 2.24) is 9.78 Å². The van der Waals surface area contributed by atoms with E-state index in [1.54, 1.807) is 29.1 Å². The highest BCUT2D eigenvalue weighted by molar-refractivity contribution is 5.90. The quantitative estimate of drug-likeness (QED) is 0.656. The van der Waals surface area contributed by atoms with Crippen molar-refractivity contribution in [2.24, 2.45) is 0 Å². The summed E-state index contributed by atoms with van der Waals surface area (Å²) < 4.78 is 6.87. The lowest BCUT2D eigenvalue weighted by molar-refractivity contribution is 0.0487. The van der Waals surface area contributed by atoms with Crippen molar-refractivity contribution in [3.8, 4) is 0 Å². The van der Waals surface area contributed by atoms with Gasteiger partial charge >= 0.3 is 5.97 Å². The zero-order valence-electron chi connectivity index (χ0n) is 10.2. The van der Waals surface area contributed by atoms with Crippen LogP contribution in [0, 0.1) is 6.92 Å². The molecule has 0 fully saturated rings. The van der Waals surface area contributed by atoms with E-state index in [9.17, 15) is 4.79 Å². The van der Waals surface area contributed by atoms with E-state index in [-0.39, 0.29) is 5.97 Å². The van der Waals surface area contributed by atoms with Crippen LogP contribution >= 0.6 is 0 Å². The Kier molecular flexibility index (Phi) is 3.62. The van der Waals surface area contributed by atoms with Gasteiger partial charge in [-0.3, -0.25) is 4.68 Å². The first-order valence-electron chi connectivity index (χ1n) is 5.67. The zero-order valence-corrected chi connectivity index (χ0v) is 10.2. The first kappa shape index (κ1) is 12.2. The molecule has 0 aliphatic rings. The lowest BCUT2D eigenvalue weighted by atomic mass is 10.1. The molecule has 0 unspecified atom stereocenters. The molecule has 1 aromatic carbocycles. The van der Waals surface area contributed by atoms with E-state index in [4.69, 9.17) is 10.5 Å². The minimum Gasteiger partial charge on any atom is -0.460 e. The molecule has 0 saturated carbocycles. The summed E-state index contributed by atoms with van der Waals surface area (Å²) in [5, 5.41) is 4.02. The second kappa shape index (κ2) is 5.35. The van der Waals surface area contributed by atoms with Gasteiger partial charge in [0.1, 0.15) is 6.61 Å². The number of ether oxygens (including phenoxy) is 1. The summed E-state index contributed by atoms with van der Waals surface area (Å²) in [6, 6.07) is 6.93. The van der Waals surface area contributed by atoms with Crippen LogP contribution in [0.15, 0.2) is 36.7 Å². The van der Waals surface area contributed by atoms with Gasteiger partial charge < -0.3 is 10.5 Å². The highest BCUT2D eigenvalue weighted by atomic mass is 16.5. The molecule has 5 nitrogen and oxygen atoms in total. The Morgan fingerprint density at radius 1 is 1.50 bits per heavy atom.